The molecule has 0 unspecified atom stereocenters. The van der Waals surface area contributed by atoms with Crippen molar-refractivity contribution in [1.29, 1.82) is 0 Å². The van der Waals surface area contributed by atoms with Crippen LogP contribution in [0.1, 0.15) is 19.3 Å². The van der Waals surface area contributed by atoms with E-state index in [1.165, 1.54) is 0 Å². The summed E-state index contributed by atoms with van der Waals surface area (Å²) in [5.74, 6) is 0. The van der Waals surface area contributed by atoms with Crippen LogP contribution in [-0.2, 0) is 69.0 Å². The number of hydrogen-bond donors (Lipinski definition) is 0. The summed E-state index contributed by atoms with van der Waals surface area (Å²) in [5, 5.41) is 26.0. The van der Waals surface area contributed by atoms with Gasteiger partial charge in [-0.1, -0.05) is 52.0 Å². The maximum absolute atomic E-state index is 6.79. The second-order valence-corrected chi connectivity index (χ2v) is 42.3. The quantitative estimate of drug-likeness (QED) is 0.111. The summed E-state index contributed by atoms with van der Waals surface area (Å²) in [7, 11) is -25.4. The molecule has 337 valence electrons. The van der Waals surface area contributed by atoms with Crippen LogP contribution in [0.15, 0.2) is 72.8 Å². The van der Waals surface area contributed by atoms with E-state index in [2.05, 4.69) is 70.2 Å². The Morgan fingerprint density at radius 2 is 0.672 bits per heavy atom. The smallest absolute Gasteiger partial charge is 0.414 e. The number of hydrogen-bond acceptors (Lipinski definition) is 18. The average molecular weight is 1040 g/mol. The highest BCUT2D eigenvalue weighted by molar-refractivity contribution is 6.84. The monoisotopic (exact) mass is 1040 g/mol. The lowest BCUT2D eigenvalue weighted by Crippen LogP contribution is -2.64. The topological polar surface area (TPSA) is 203 Å². The fourth-order valence-corrected chi connectivity index (χ4v) is 33.0. The number of benzene rings is 3. The Bertz CT molecular complexity index is 2210. The van der Waals surface area contributed by atoms with Crippen LogP contribution < -0.4 is 0 Å². The minimum atomic E-state index is -2.60. The SMILES string of the molecule is C[Si](C)(CCCn1nnc2ccccc21)O[Si]1O[Si]2O[Si]3O[Si](O1)O[Si](O[Si](C)(C)CCCn1nnc4ccccc41)O[Si](O3)O[Si](O[Si](C)(C)CCCn1nnc3ccccc31)O2. The molecule has 0 N–H and O–H groups in total. The predicted octanol–water partition coefficient (Wildman–Crippen LogP) is 4.24. The van der Waals surface area contributed by atoms with E-state index in [4.69, 9.17) is 49.4 Å². The molecule has 3 aliphatic rings. The van der Waals surface area contributed by atoms with Crippen LogP contribution in [0.2, 0.25) is 57.4 Å². The van der Waals surface area contributed by atoms with Crippen molar-refractivity contribution in [3.05, 3.63) is 72.8 Å². The summed E-state index contributed by atoms with van der Waals surface area (Å²) >= 11 is 0. The van der Waals surface area contributed by atoms with Crippen molar-refractivity contribution in [2.75, 3.05) is 0 Å². The van der Waals surface area contributed by atoms with E-state index in [-0.39, 0.29) is 0 Å². The van der Waals surface area contributed by atoms with Gasteiger partial charge in [0.2, 0.25) is 0 Å². The number of aryl methyl sites for hydroxylation is 3. The van der Waals surface area contributed by atoms with Gasteiger partial charge in [-0.15, -0.1) is 15.3 Å². The van der Waals surface area contributed by atoms with Gasteiger partial charge in [-0.3, -0.25) is 0 Å². The molecule has 3 aromatic carbocycles. The van der Waals surface area contributed by atoms with Gasteiger partial charge in [-0.2, -0.15) is 0 Å². The van der Waals surface area contributed by atoms with Gasteiger partial charge in [0.1, 0.15) is 16.6 Å². The van der Waals surface area contributed by atoms with Gasteiger partial charge in [0.15, 0.2) is 25.0 Å². The molecule has 31 heteroatoms. The third-order valence-corrected chi connectivity index (χ3v) is 35.6. The van der Waals surface area contributed by atoms with Crippen LogP contribution in [0.5, 0.6) is 0 Å². The van der Waals surface area contributed by atoms with Gasteiger partial charge in [-0.25, -0.2) is 14.0 Å². The summed E-state index contributed by atoms with van der Waals surface area (Å²) < 4.78 is 84.4. The molecule has 6 aromatic rings. The van der Waals surface area contributed by atoms with E-state index in [1.807, 2.05) is 86.8 Å². The highest BCUT2D eigenvalue weighted by Gasteiger charge is 2.56. The van der Waals surface area contributed by atoms with Crippen molar-refractivity contribution >= 4 is 125 Å². The Hall–Kier alpha value is -2.45. The van der Waals surface area contributed by atoms with Gasteiger partial charge in [-0.05, 0) is 113 Å². The minimum Gasteiger partial charge on any atom is -0.414 e. The molecule has 7 radical (unpaired) electrons. The number of rotatable bonds is 18. The Balaban J connectivity index is 0.890. The van der Waals surface area contributed by atoms with E-state index in [0.717, 1.165) is 70.5 Å². The maximum Gasteiger partial charge on any atom is 0.553 e. The summed E-state index contributed by atoms with van der Waals surface area (Å²) in [6.45, 7) is 14.8. The molecular formula is C33H48N9O12Si10. The van der Waals surface area contributed by atoms with Gasteiger partial charge in [0, 0.05) is 19.6 Å². The molecule has 3 aromatic heterocycles. The Morgan fingerprint density at radius 3 is 0.969 bits per heavy atom. The molecule has 0 atom stereocenters. The van der Waals surface area contributed by atoms with E-state index in [0.29, 0.717) is 19.6 Å². The van der Waals surface area contributed by atoms with Crippen molar-refractivity contribution in [2.24, 2.45) is 0 Å². The van der Waals surface area contributed by atoms with Crippen LogP contribution in [0.3, 0.4) is 0 Å². The average Bonchev–Trinajstić information content (AvgIpc) is 3.95. The molecule has 0 saturated carbocycles. The van der Waals surface area contributed by atoms with Gasteiger partial charge >= 0.3 is 66.7 Å². The number of aromatic nitrogens is 9. The van der Waals surface area contributed by atoms with E-state index >= 15 is 0 Å². The molecule has 9 rings (SSSR count). The molecule has 6 heterocycles. The number of nitrogens with zero attached hydrogens (tertiary/aromatic N) is 9. The Morgan fingerprint density at radius 1 is 0.406 bits per heavy atom. The molecular weight excluding hydrogens is 995 g/mol. The van der Waals surface area contributed by atoms with Crippen molar-refractivity contribution in [2.45, 2.75) is 96.3 Å². The number of fused-ring (bicyclic) bond motifs is 6. The highest BCUT2D eigenvalue weighted by atomic mass is 28.6. The van der Waals surface area contributed by atoms with Crippen molar-refractivity contribution in [3.63, 3.8) is 0 Å². The largest absolute Gasteiger partial charge is 0.553 e. The lowest BCUT2D eigenvalue weighted by molar-refractivity contribution is 0.0805. The standard InChI is InChI=1S/C33H48N9O12Si10/c1-62(2,25-13-22-40-31-19-10-7-16-28(31)34-37-40)52-59-46-56-43-55-44-57(47-59)49-61(54-64(5,6)27-15-24-42-33-21-12-9-18-30(33)36-39-42)51-58(45-55)50-60(48-56)53-63(3,4)26-14-23-41-32-20-11-8-17-29(32)35-38-41/h7-12,16-21H,13-15,22-27H2,1-6H3. The first-order valence-corrected chi connectivity index (χ1v) is 38.9. The number of para-hydroxylation sites is 3. The maximum atomic E-state index is 6.79. The molecule has 0 amide bonds. The van der Waals surface area contributed by atoms with Crippen LogP contribution in [0.4, 0.5) is 0 Å². The Kier molecular flexibility index (Phi) is 14.9. The van der Waals surface area contributed by atoms with Crippen LogP contribution >= 0.6 is 0 Å². The lowest BCUT2D eigenvalue weighted by atomic mass is 10.3. The second kappa shape index (κ2) is 20.4. The minimum absolute atomic E-state index is 0.685. The molecule has 4 bridgehead atoms. The molecule has 3 fully saturated rings. The molecule has 3 saturated heterocycles. The molecule has 0 aliphatic carbocycles. The zero-order valence-corrected chi connectivity index (χ0v) is 46.2. The van der Waals surface area contributed by atoms with E-state index in [9.17, 15) is 0 Å². The summed E-state index contributed by atoms with van der Waals surface area (Å²) in [6, 6.07) is 26.2. The summed E-state index contributed by atoms with van der Waals surface area (Å²) in [5.41, 5.74) is 5.56. The fourth-order valence-electron chi connectivity index (χ4n) is 7.09. The van der Waals surface area contributed by atoms with Crippen LogP contribution in [0, 0.1) is 0 Å². The summed E-state index contributed by atoms with van der Waals surface area (Å²) in [4.78, 5) is 0. The van der Waals surface area contributed by atoms with Crippen LogP contribution in [-0.4, -0.2) is 137 Å². The zero-order chi connectivity index (χ0) is 44.3. The van der Waals surface area contributed by atoms with Crippen molar-refractivity contribution in [3.8, 4) is 0 Å². The first-order chi connectivity index (χ1) is 30.8. The predicted molar refractivity (Wildman–Crippen MR) is 247 cm³/mol. The van der Waals surface area contributed by atoms with Crippen molar-refractivity contribution < 1.29 is 49.4 Å². The van der Waals surface area contributed by atoms with Gasteiger partial charge in [0.05, 0.1) is 16.6 Å². The lowest BCUT2D eigenvalue weighted by Gasteiger charge is -2.38. The van der Waals surface area contributed by atoms with Crippen LogP contribution in [0.25, 0.3) is 33.1 Å². The Labute approximate surface area is 386 Å². The first kappa shape index (κ1) is 46.7. The third kappa shape index (κ3) is 12.2. The van der Waals surface area contributed by atoms with Crippen molar-refractivity contribution in [1.82, 2.24) is 45.0 Å². The van der Waals surface area contributed by atoms with E-state index < -0.39 is 91.6 Å². The fraction of sp³-hybridized carbons (Fsp3) is 0.455. The van der Waals surface area contributed by atoms with Gasteiger partial charge in [0.25, 0.3) is 0 Å². The first-order valence-electron chi connectivity index (χ1n) is 20.9. The highest BCUT2D eigenvalue weighted by Crippen LogP contribution is 2.27. The normalized spacial score (nSPS) is 18.8. The van der Waals surface area contributed by atoms with Gasteiger partial charge < -0.3 is 49.4 Å². The second-order valence-electron chi connectivity index (χ2n) is 17.0. The molecule has 21 nitrogen and oxygen atoms in total. The third-order valence-electron chi connectivity index (χ3n) is 10.3. The molecule has 3 aliphatic heterocycles. The zero-order valence-electron chi connectivity index (χ0n) is 36.2. The molecule has 64 heavy (non-hydrogen) atoms. The molecule has 0 spiro atoms. The van der Waals surface area contributed by atoms with E-state index in [1.54, 1.807) is 0 Å². The summed E-state index contributed by atoms with van der Waals surface area (Å²) in [6.07, 6.45) is 2.44.